The zero-order valence-electron chi connectivity index (χ0n) is 11.1. The van der Waals surface area contributed by atoms with Crippen LogP contribution in [-0.2, 0) is 11.2 Å². The van der Waals surface area contributed by atoms with Gasteiger partial charge in [0.15, 0.2) is 0 Å². The highest BCUT2D eigenvalue weighted by atomic mass is 16.5. The van der Waals surface area contributed by atoms with Crippen molar-refractivity contribution in [2.45, 2.75) is 38.7 Å². The van der Waals surface area contributed by atoms with E-state index in [-0.39, 0.29) is 5.60 Å². The molecule has 3 nitrogen and oxygen atoms in total. The van der Waals surface area contributed by atoms with E-state index < -0.39 is 0 Å². The van der Waals surface area contributed by atoms with Crippen LogP contribution < -0.4 is 0 Å². The van der Waals surface area contributed by atoms with Gasteiger partial charge in [0.05, 0.1) is 18.0 Å². The number of pyridine rings is 1. The molecule has 98 valence electrons. The van der Waals surface area contributed by atoms with E-state index >= 15 is 0 Å². The summed E-state index contributed by atoms with van der Waals surface area (Å²) in [6.07, 6.45) is 5.95. The minimum Gasteiger partial charge on any atom is -0.512 e. The molecule has 2 heterocycles. The maximum absolute atomic E-state index is 9.76. The molecule has 18 heavy (non-hydrogen) atoms. The lowest BCUT2D eigenvalue weighted by molar-refractivity contribution is -0.0871. The molecule has 1 unspecified atom stereocenters. The second-order valence-electron chi connectivity index (χ2n) is 5.22. The normalized spacial score (nSPS) is 24.1. The number of aryl methyl sites for hydroxylation is 1. The Kier molecular flexibility index (Phi) is 4.02. The molecule has 3 heteroatoms. The van der Waals surface area contributed by atoms with Crippen LogP contribution in [-0.4, -0.2) is 22.3 Å². The predicted octanol–water partition coefficient (Wildman–Crippen LogP) is 3.27. The van der Waals surface area contributed by atoms with E-state index in [4.69, 9.17) is 4.74 Å². The monoisotopic (exact) mass is 247 g/mol. The zero-order valence-corrected chi connectivity index (χ0v) is 11.1. The summed E-state index contributed by atoms with van der Waals surface area (Å²) in [5.41, 5.74) is 0.825. The zero-order chi connectivity index (χ0) is 13.0. The summed E-state index contributed by atoms with van der Waals surface area (Å²) >= 11 is 0. The Hall–Kier alpha value is -1.35. The van der Waals surface area contributed by atoms with E-state index in [9.17, 15) is 5.11 Å². The Bertz CT molecular complexity index is 414. The number of rotatable bonds is 4. The van der Waals surface area contributed by atoms with Crippen LogP contribution >= 0.6 is 0 Å². The molecule has 1 N–H and O–H groups in total. The number of aromatic nitrogens is 1. The van der Waals surface area contributed by atoms with E-state index in [0.29, 0.717) is 24.7 Å². The van der Waals surface area contributed by atoms with Crippen LogP contribution in [0, 0.1) is 5.92 Å². The molecule has 0 amide bonds. The van der Waals surface area contributed by atoms with Gasteiger partial charge in [0, 0.05) is 18.3 Å². The second kappa shape index (κ2) is 5.53. The smallest absolute Gasteiger partial charge is 0.0934 e. The van der Waals surface area contributed by atoms with Gasteiger partial charge in [-0.3, -0.25) is 4.98 Å². The summed E-state index contributed by atoms with van der Waals surface area (Å²) in [4.78, 5) is 4.34. The van der Waals surface area contributed by atoms with Crippen LogP contribution in [0.2, 0.25) is 0 Å². The first kappa shape index (κ1) is 13.1. The van der Waals surface area contributed by atoms with Crippen LogP contribution in [0.1, 0.15) is 32.4 Å². The topological polar surface area (TPSA) is 42.4 Å². The number of aliphatic hydroxyl groups is 1. The lowest BCUT2D eigenvalue weighted by Gasteiger charge is -2.39. The molecular formula is C15H21NO2. The largest absolute Gasteiger partial charge is 0.512 e. The number of aliphatic hydroxyl groups excluding tert-OH is 1. The van der Waals surface area contributed by atoms with Crippen LogP contribution in [0.25, 0.3) is 0 Å². The van der Waals surface area contributed by atoms with Crippen molar-refractivity contribution in [2.75, 3.05) is 6.61 Å². The SMILES string of the molecule is CC(C)C1(CCc2ccccn2)CC(O)=CCO1. The summed E-state index contributed by atoms with van der Waals surface area (Å²) in [6.45, 7) is 4.81. The second-order valence-corrected chi connectivity index (χ2v) is 5.22. The molecule has 0 aromatic carbocycles. The van der Waals surface area contributed by atoms with Crippen molar-refractivity contribution in [3.05, 3.63) is 41.9 Å². The van der Waals surface area contributed by atoms with Gasteiger partial charge in [-0.15, -0.1) is 0 Å². The number of hydrogen-bond donors (Lipinski definition) is 1. The van der Waals surface area contributed by atoms with Crippen molar-refractivity contribution >= 4 is 0 Å². The Morgan fingerprint density at radius 1 is 1.44 bits per heavy atom. The molecule has 0 spiro atoms. The fourth-order valence-corrected chi connectivity index (χ4v) is 2.44. The summed E-state index contributed by atoms with van der Waals surface area (Å²) < 4.78 is 5.95. The highest BCUT2D eigenvalue weighted by molar-refractivity contribution is 5.08. The van der Waals surface area contributed by atoms with E-state index in [2.05, 4.69) is 18.8 Å². The van der Waals surface area contributed by atoms with Crippen molar-refractivity contribution in [2.24, 2.45) is 5.92 Å². The van der Waals surface area contributed by atoms with Gasteiger partial charge in [-0.1, -0.05) is 19.9 Å². The molecule has 1 aromatic heterocycles. The molecule has 0 saturated carbocycles. The van der Waals surface area contributed by atoms with Crippen molar-refractivity contribution in [1.29, 1.82) is 0 Å². The fourth-order valence-electron chi connectivity index (χ4n) is 2.44. The molecule has 1 aliphatic heterocycles. The third-order valence-electron chi connectivity index (χ3n) is 3.75. The summed E-state index contributed by atoms with van der Waals surface area (Å²) in [7, 11) is 0. The third-order valence-corrected chi connectivity index (χ3v) is 3.75. The molecule has 0 radical (unpaired) electrons. The highest BCUT2D eigenvalue weighted by Crippen LogP contribution is 2.35. The average Bonchev–Trinajstić information content (AvgIpc) is 2.37. The van der Waals surface area contributed by atoms with E-state index in [0.717, 1.165) is 18.5 Å². The lowest BCUT2D eigenvalue weighted by Crippen LogP contribution is -2.41. The minimum atomic E-state index is -0.254. The van der Waals surface area contributed by atoms with Crippen LogP contribution in [0.5, 0.6) is 0 Å². The number of nitrogens with zero attached hydrogens (tertiary/aromatic N) is 1. The first-order valence-corrected chi connectivity index (χ1v) is 6.54. The lowest BCUT2D eigenvalue weighted by atomic mass is 9.80. The van der Waals surface area contributed by atoms with E-state index in [1.165, 1.54) is 0 Å². The summed E-state index contributed by atoms with van der Waals surface area (Å²) in [6, 6.07) is 5.96. The Morgan fingerprint density at radius 3 is 2.89 bits per heavy atom. The standard InChI is InChI=1S/C15H21NO2/c1-12(2)15(11-14(17)7-10-18-15)8-6-13-5-3-4-9-16-13/h3-5,7,9,12,17H,6,8,10-11H2,1-2H3. The van der Waals surface area contributed by atoms with Crippen molar-refractivity contribution in [3.8, 4) is 0 Å². The summed E-state index contributed by atoms with van der Waals surface area (Å²) in [5.74, 6) is 0.827. The van der Waals surface area contributed by atoms with Gasteiger partial charge in [0.2, 0.25) is 0 Å². The van der Waals surface area contributed by atoms with E-state index in [1.807, 2.05) is 24.4 Å². The van der Waals surface area contributed by atoms with Gasteiger partial charge in [0.1, 0.15) is 0 Å². The first-order valence-electron chi connectivity index (χ1n) is 6.54. The first-order chi connectivity index (χ1) is 8.62. The predicted molar refractivity (Wildman–Crippen MR) is 71.4 cm³/mol. The summed E-state index contributed by atoms with van der Waals surface area (Å²) in [5, 5.41) is 9.76. The molecule has 0 fully saturated rings. The molecule has 0 aliphatic carbocycles. The maximum atomic E-state index is 9.76. The minimum absolute atomic E-state index is 0.254. The van der Waals surface area contributed by atoms with Gasteiger partial charge >= 0.3 is 0 Å². The molecule has 0 saturated heterocycles. The molecule has 1 aromatic rings. The van der Waals surface area contributed by atoms with Gasteiger partial charge in [-0.2, -0.15) is 0 Å². The number of ether oxygens (including phenoxy) is 1. The Balaban J connectivity index is 2.06. The molecule has 0 bridgehead atoms. The van der Waals surface area contributed by atoms with Crippen LogP contribution in [0.3, 0.4) is 0 Å². The van der Waals surface area contributed by atoms with Crippen molar-refractivity contribution in [3.63, 3.8) is 0 Å². The highest BCUT2D eigenvalue weighted by Gasteiger charge is 2.37. The molecule has 1 atom stereocenters. The third kappa shape index (κ3) is 2.91. The maximum Gasteiger partial charge on any atom is 0.0934 e. The van der Waals surface area contributed by atoms with Gasteiger partial charge in [0.25, 0.3) is 0 Å². The van der Waals surface area contributed by atoms with Gasteiger partial charge in [-0.25, -0.2) is 0 Å². The van der Waals surface area contributed by atoms with Gasteiger partial charge in [-0.05, 0) is 37.0 Å². The van der Waals surface area contributed by atoms with Crippen molar-refractivity contribution in [1.82, 2.24) is 4.98 Å². The van der Waals surface area contributed by atoms with Crippen LogP contribution in [0.4, 0.5) is 0 Å². The van der Waals surface area contributed by atoms with Gasteiger partial charge < -0.3 is 9.84 Å². The van der Waals surface area contributed by atoms with Crippen LogP contribution in [0.15, 0.2) is 36.2 Å². The van der Waals surface area contributed by atoms with Crippen molar-refractivity contribution < 1.29 is 9.84 Å². The molecule has 1 aliphatic rings. The molecule has 2 rings (SSSR count). The quantitative estimate of drug-likeness (QED) is 0.888. The Labute approximate surface area is 109 Å². The fraction of sp³-hybridized carbons (Fsp3) is 0.533. The molecular weight excluding hydrogens is 226 g/mol. The Morgan fingerprint density at radius 2 is 2.28 bits per heavy atom. The average molecular weight is 247 g/mol. The number of hydrogen-bond acceptors (Lipinski definition) is 3. The van der Waals surface area contributed by atoms with E-state index in [1.54, 1.807) is 6.08 Å².